The molecule has 2 heterocycles. The number of nitrogens with zero attached hydrogens (tertiary/aromatic N) is 3. The first-order valence-electron chi connectivity index (χ1n) is 9.66. The molecule has 2 aromatic carbocycles. The summed E-state index contributed by atoms with van der Waals surface area (Å²) in [5.74, 6) is 0.818. The minimum absolute atomic E-state index is 0.00380. The second-order valence-corrected chi connectivity index (χ2v) is 9.32. The highest BCUT2D eigenvalue weighted by atomic mass is 32.2. The number of carbonyl (C=O) groups excluding carboxylic acids is 1. The molecule has 1 fully saturated rings. The smallest absolute Gasteiger partial charge is 0.253 e. The molecular formula is C21H25N3O4S. The highest BCUT2D eigenvalue weighted by Crippen LogP contribution is 2.31. The Morgan fingerprint density at radius 2 is 1.76 bits per heavy atom. The molecule has 1 saturated heterocycles. The molecule has 0 unspecified atom stereocenters. The van der Waals surface area contributed by atoms with Crippen molar-refractivity contribution in [3.8, 4) is 5.75 Å². The van der Waals surface area contributed by atoms with E-state index in [2.05, 4.69) is 4.90 Å². The molecule has 0 saturated carbocycles. The molecule has 0 aromatic heterocycles. The van der Waals surface area contributed by atoms with E-state index in [1.807, 2.05) is 35.2 Å². The number of hydrogen-bond acceptors (Lipinski definition) is 5. The number of benzene rings is 2. The molecular weight excluding hydrogens is 390 g/mol. The van der Waals surface area contributed by atoms with Gasteiger partial charge in [0.2, 0.25) is 10.0 Å². The number of hydrogen-bond donors (Lipinski definition) is 0. The Morgan fingerprint density at radius 3 is 2.45 bits per heavy atom. The lowest BCUT2D eigenvalue weighted by molar-refractivity contribution is 0.0746. The van der Waals surface area contributed by atoms with Gasteiger partial charge in [0.1, 0.15) is 5.75 Å². The predicted octanol–water partition coefficient (Wildman–Crippen LogP) is 1.98. The van der Waals surface area contributed by atoms with E-state index < -0.39 is 10.0 Å². The first kappa shape index (κ1) is 19.6. The van der Waals surface area contributed by atoms with Gasteiger partial charge in [0, 0.05) is 50.0 Å². The van der Waals surface area contributed by atoms with Gasteiger partial charge in [0.25, 0.3) is 5.91 Å². The van der Waals surface area contributed by atoms with Gasteiger partial charge >= 0.3 is 0 Å². The zero-order chi connectivity index (χ0) is 20.6. The van der Waals surface area contributed by atoms with Crippen molar-refractivity contribution in [2.24, 2.45) is 0 Å². The van der Waals surface area contributed by atoms with E-state index in [-0.39, 0.29) is 5.91 Å². The van der Waals surface area contributed by atoms with Crippen molar-refractivity contribution in [1.82, 2.24) is 4.90 Å². The minimum Gasteiger partial charge on any atom is -0.497 e. The summed E-state index contributed by atoms with van der Waals surface area (Å²) in [6.45, 7) is 3.23. The molecule has 4 rings (SSSR count). The van der Waals surface area contributed by atoms with Crippen LogP contribution in [0.4, 0.5) is 11.4 Å². The van der Waals surface area contributed by atoms with Gasteiger partial charge in [0.05, 0.1) is 19.1 Å². The van der Waals surface area contributed by atoms with E-state index in [9.17, 15) is 13.2 Å². The molecule has 1 amide bonds. The van der Waals surface area contributed by atoms with Gasteiger partial charge in [-0.2, -0.15) is 0 Å². The molecule has 0 radical (unpaired) electrons. The fourth-order valence-electron chi connectivity index (χ4n) is 4.01. The van der Waals surface area contributed by atoms with Crippen LogP contribution in [0, 0.1) is 0 Å². The SMILES string of the molecule is COc1cccc(N2CCN(C(=O)c3ccc4c(c3)CCN4S(C)(=O)=O)CC2)c1. The predicted molar refractivity (Wildman–Crippen MR) is 113 cm³/mol. The van der Waals surface area contributed by atoms with Crippen molar-refractivity contribution in [3.05, 3.63) is 53.6 Å². The molecule has 2 aromatic rings. The number of methoxy groups -OCH3 is 1. The van der Waals surface area contributed by atoms with Crippen LogP contribution < -0.4 is 13.9 Å². The summed E-state index contributed by atoms with van der Waals surface area (Å²) < 4.78 is 30.5. The number of amides is 1. The molecule has 2 aliphatic rings. The van der Waals surface area contributed by atoms with Crippen LogP contribution in [0.25, 0.3) is 0 Å². The third-order valence-corrected chi connectivity index (χ3v) is 6.74. The zero-order valence-corrected chi connectivity index (χ0v) is 17.5. The molecule has 7 nitrogen and oxygen atoms in total. The third kappa shape index (κ3) is 3.89. The maximum Gasteiger partial charge on any atom is 0.253 e. The van der Waals surface area contributed by atoms with Crippen LogP contribution >= 0.6 is 0 Å². The van der Waals surface area contributed by atoms with E-state index in [0.717, 1.165) is 30.1 Å². The number of fused-ring (bicyclic) bond motifs is 1. The molecule has 0 spiro atoms. The Labute approximate surface area is 171 Å². The number of piperazine rings is 1. The Kier molecular flexibility index (Phi) is 5.12. The summed E-state index contributed by atoms with van der Waals surface area (Å²) in [5.41, 5.74) is 3.31. The molecule has 0 N–H and O–H groups in total. The second-order valence-electron chi connectivity index (χ2n) is 7.41. The number of ether oxygens (including phenoxy) is 1. The van der Waals surface area contributed by atoms with E-state index in [1.165, 1.54) is 10.6 Å². The number of rotatable bonds is 4. The Morgan fingerprint density at radius 1 is 1.00 bits per heavy atom. The van der Waals surface area contributed by atoms with E-state index >= 15 is 0 Å². The van der Waals surface area contributed by atoms with Crippen molar-refractivity contribution >= 4 is 27.3 Å². The summed E-state index contributed by atoms with van der Waals surface area (Å²) in [6, 6.07) is 13.3. The zero-order valence-electron chi connectivity index (χ0n) is 16.7. The number of carbonyl (C=O) groups is 1. The van der Waals surface area contributed by atoms with Crippen molar-refractivity contribution in [2.45, 2.75) is 6.42 Å². The monoisotopic (exact) mass is 415 g/mol. The molecule has 154 valence electrons. The second kappa shape index (κ2) is 7.59. The molecule has 29 heavy (non-hydrogen) atoms. The quantitative estimate of drug-likeness (QED) is 0.764. The Bertz CT molecular complexity index is 1030. The van der Waals surface area contributed by atoms with Crippen LogP contribution in [0.15, 0.2) is 42.5 Å². The summed E-state index contributed by atoms with van der Waals surface area (Å²) in [7, 11) is -1.63. The Balaban J connectivity index is 1.44. The van der Waals surface area contributed by atoms with E-state index in [4.69, 9.17) is 4.74 Å². The lowest BCUT2D eigenvalue weighted by Gasteiger charge is -2.36. The highest BCUT2D eigenvalue weighted by molar-refractivity contribution is 7.92. The molecule has 0 bridgehead atoms. The van der Waals surface area contributed by atoms with Gasteiger partial charge in [0.15, 0.2) is 0 Å². The summed E-state index contributed by atoms with van der Waals surface area (Å²) in [4.78, 5) is 17.1. The van der Waals surface area contributed by atoms with E-state index in [1.54, 1.807) is 19.2 Å². The molecule has 2 aliphatic heterocycles. The highest BCUT2D eigenvalue weighted by Gasteiger charge is 2.28. The van der Waals surface area contributed by atoms with Crippen LogP contribution in [0.5, 0.6) is 5.75 Å². The normalized spacial score (nSPS) is 16.7. The fourth-order valence-corrected chi connectivity index (χ4v) is 4.96. The topological polar surface area (TPSA) is 70.2 Å². The average molecular weight is 416 g/mol. The largest absolute Gasteiger partial charge is 0.497 e. The van der Waals surface area contributed by atoms with Gasteiger partial charge in [-0.1, -0.05) is 6.07 Å². The fraction of sp³-hybridized carbons (Fsp3) is 0.381. The average Bonchev–Trinajstić information content (AvgIpc) is 3.17. The van der Waals surface area contributed by atoms with Gasteiger partial charge in [-0.05, 0) is 42.3 Å². The van der Waals surface area contributed by atoms with Crippen LogP contribution in [-0.4, -0.2) is 65.3 Å². The van der Waals surface area contributed by atoms with Crippen molar-refractivity contribution in [2.75, 3.05) is 55.3 Å². The van der Waals surface area contributed by atoms with E-state index in [0.29, 0.717) is 37.3 Å². The first-order chi connectivity index (χ1) is 13.9. The van der Waals surface area contributed by atoms with Crippen LogP contribution in [0.1, 0.15) is 15.9 Å². The van der Waals surface area contributed by atoms with Crippen LogP contribution in [0.2, 0.25) is 0 Å². The van der Waals surface area contributed by atoms with Gasteiger partial charge < -0.3 is 14.5 Å². The maximum atomic E-state index is 13.0. The summed E-state index contributed by atoms with van der Waals surface area (Å²) in [5, 5.41) is 0. The van der Waals surface area contributed by atoms with Gasteiger partial charge in [-0.15, -0.1) is 0 Å². The molecule has 0 aliphatic carbocycles. The number of sulfonamides is 1. The Hall–Kier alpha value is -2.74. The minimum atomic E-state index is -3.28. The molecule has 0 atom stereocenters. The lowest BCUT2D eigenvalue weighted by Crippen LogP contribution is -2.48. The van der Waals surface area contributed by atoms with Crippen molar-refractivity contribution < 1.29 is 17.9 Å². The molecule has 8 heteroatoms. The standard InChI is InChI=1S/C21H25N3O4S/c1-28-19-5-3-4-18(15-19)22-10-12-23(13-11-22)21(25)17-6-7-20-16(14-17)8-9-24(20)29(2,26)27/h3-7,14-15H,8-13H2,1-2H3. The van der Waals surface area contributed by atoms with Crippen LogP contribution in [-0.2, 0) is 16.4 Å². The van der Waals surface area contributed by atoms with Gasteiger partial charge in [-0.25, -0.2) is 8.42 Å². The first-order valence-corrected chi connectivity index (χ1v) is 11.5. The number of anilines is 2. The van der Waals surface area contributed by atoms with Gasteiger partial charge in [-0.3, -0.25) is 9.10 Å². The lowest BCUT2D eigenvalue weighted by atomic mass is 10.1. The third-order valence-electron chi connectivity index (χ3n) is 5.57. The van der Waals surface area contributed by atoms with Crippen LogP contribution in [0.3, 0.4) is 0 Å². The summed E-state index contributed by atoms with van der Waals surface area (Å²) in [6.07, 6.45) is 1.84. The summed E-state index contributed by atoms with van der Waals surface area (Å²) >= 11 is 0. The van der Waals surface area contributed by atoms with Crippen molar-refractivity contribution in [1.29, 1.82) is 0 Å². The van der Waals surface area contributed by atoms with Crippen molar-refractivity contribution in [3.63, 3.8) is 0 Å². The maximum absolute atomic E-state index is 13.0.